The van der Waals surface area contributed by atoms with Crippen molar-refractivity contribution in [3.63, 3.8) is 0 Å². The molecule has 0 aliphatic carbocycles. The SMILES string of the molecule is CCOc1ccc(NC(=O)c2ccc(=O)n(Cc3cccc([N+](=O)[O-])c3)c2)cc1. The molecule has 148 valence electrons. The summed E-state index contributed by atoms with van der Waals surface area (Å²) in [5, 5.41) is 13.7. The van der Waals surface area contributed by atoms with E-state index in [2.05, 4.69) is 5.32 Å². The molecular weight excluding hydrogens is 374 g/mol. The number of rotatable bonds is 7. The van der Waals surface area contributed by atoms with Gasteiger partial charge in [-0.2, -0.15) is 0 Å². The van der Waals surface area contributed by atoms with E-state index in [-0.39, 0.29) is 23.7 Å². The lowest BCUT2D eigenvalue weighted by atomic mass is 10.2. The van der Waals surface area contributed by atoms with Crippen molar-refractivity contribution in [2.45, 2.75) is 13.5 Å². The number of amides is 1. The van der Waals surface area contributed by atoms with E-state index in [1.54, 1.807) is 36.4 Å². The second-order valence-electron chi connectivity index (χ2n) is 6.22. The Bertz CT molecular complexity index is 1090. The minimum atomic E-state index is -0.493. The van der Waals surface area contributed by atoms with E-state index in [0.29, 0.717) is 29.2 Å². The first-order valence-electron chi connectivity index (χ1n) is 8.94. The highest BCUT2D eigenvalue weighted by molar-refractivity contribution is 6.04. The van der Waals surface area contributed by atoms with Gasteiger partial charge >= 0.3 is 0 Å². The molecule has 1 amide bonds. The highest BCUT2D eigenvalue weighted by atomic mass is 16.6. The number of pyridine rings is 1. The topological polar surface area (TPSA) is 103 Å². The van der Waals surface area contributed by atoms with Gasteiger partial charge in [0.2, 0.25) is 0 Å². The Morgan fingerprint density at radius 2 is 1.90 bits per heavy atom. The first-order valence-corrected chi connectivity index (χ1v) is 8.94. The highest BCUT2D eigenvalue weighted by Crippen LogP contribution is 2.17. The molecule has 0 saturated carbocycles. The molecule has 0 radical (unpaired) electrons. The molecule has 0 atom stereocenters. The molecule has 3 aromatic rings. The molecule has 2 aromatic carbocycles. The van der Waals surface area contributed by atoms with Gasteiger partial charge in [-0.05, 0) is 42.8 Å². The standard InChI is InChI=1S/C21H19N3O5/c1-2-29-19-9-7-17(8-10-19)22-21(26)16-6-11-20(25)23(14-16)13-15-4-3-5-18(12-15)24(27)28/h3-12,14H,2,13H2,1H3,(H,22,26). The molecule has 1 aromatic heterocycles. The maximum Gasteiger partial charge on any atom is 0.269 e. The Morgan fingerprint density at radius 3 is 2.59 bits per heavy atom. The number of ether oxygens (including phenoxy) is 1. The largest absolute Gasteiger partial charge is 0.494 e. The summed E-state index contributed by atoms with van der Waals surface area (Å²) in [6.07, 6.45) is 1.44. The summed E-state index contributed by atoms with van der Waals surface area (Å²) in [5.74, 6) is 0.331. The van der Waals surface area contributed by atoms with E-state index in [4.69, 9.17) is 4.74 Å². The summed E-state index contributed by atoms with van der Waals surface area (Å²) < 4.78 is 6.71. The van der Waals surface area contributed by atoms with Crippen molar-refractivity contribution in [2.24, 2.45) is 0 Å². The molecular formula is C21H19N3O5. The maximum absolute atomic E-state index is 12.5. The van der Waals surface area contributed by atoms with Crippen LogP contribution in [-0.4, -0.2) is 22.0 Å². The van der Waals surface area contributed by atoms with Crippen LogP contribution < -0.4 is 15.6 Å². The number of hydrogen-bond donors (Lipinski definition) is 1. The van der Waals surface area contributed by atoms with Gasteiger partial charge in [0, 0.05) is 30.1 Å². The molecule has 1 heterocycles. The number of anilines is 1. The number of benzene rings is 2. The third-order valence-electron chi connectivity index (χ3n) is 4.14. The average molecular weight is 393 g/mol. The zero-order chi connectivity index (χ0) is 20.8. The number of carbonyl (C=O) groups is 1. The lowest BCUT2D eigenvalue weighted by Gasteiger charge is -2.10. The lowest BCUT2D eigenvalue weighted by molar-refractivity contribution is -0.384. The second-order valence-corrected chi connectivity index (χ2v) is 6.22. The summed E-state index contributed by atoms with van der Waals surface area (Å²) >= 11 is 0. The van der Waals surface area contributed by atoms with Gasteiger partial charge in [0.1, 0.15) is 5.75 Å². The number of nitrogens with zero attached hydrogens (tertiary/aromatic N) is 2. The number of aromatic nitrogens is 1. The van der Waals surface area contributed by atoms with Crippen LogP contribution in [-0.2, 0) is 6.54 Å². The quantitative estimate of drug-likeness (QED) is 0.489. The Kier molecular flexibility index (Phi) is 6.03. The predicted octanol–water partition coefficient (Wildman–Crippen LogP) is 3.46. The molecule has 8 nitrogen and oxygen atoms in total. The van der Waals surface area contributed by atoms with E-state index in [0.717, 1.165) is 0 Å². The molecule has 8 heteroatoms. The number of hydrogen-bond acceptors (Lipinski definition) is 5. The van der Waals surface area contributed by atoms with E-state index in [9.17, 15) is 19.7 Å². The first-order chi connectivity index (χ1) is 14.0. The van der Waals surface area contributed by atoms with Crippen LogP contribution >= 0.6 is 0 Å². The van der Waals surface area contributed by atoms with Gasteiger partial charge in [0.05, 0.1) is 23.6 Å². The fraction of sp³-hybridized carbons (Fsp3) is 0.143. The van der Waals surface area contributed by atoms with Crippen molar-refractivity contribution in [1.82, 2.24) is 4.57 Å². The van der Waals surface area contributed by atoms with Crippen molar-refractivity contribution in [1.29, 1.82) is 0 Å². The Morgan fingerprint density at radius 1 is 1.14 bits per heavy atom. The first kappa shape index (κ1) is 19.8. The van der Waals surface area contributed by atoms with Crippen molar-refractivity contribution >= 4 is 17.3 Å². The monoisotopic (exact) mass is 393 g/mol. The lowest BCUT2D eigenvalue weighted by Crippen LogP contribution is -2.22. The van der Waals surface area contributed by atoms with Gasteiger partial charge in [-0.25, -0.2) is 0 Å². The van der Waals surface area contributed by atoms with E-state index >= 15 is 0 Å². The molecule has 0 aliphatic heterocycles. The molecule has 0 spiro atoms. The molecule has 0 unspecified atom stereocenters. The fourth-order valence-corrected chi connectivity index (χ4v) is 2.76. The number of nitrogens with one attached hydrogen (secondary N) is 1. The Balaban J connectivity index is 1.77. The van der Waals surface area contributed by atoms with Crippen LogP contribution in [0.1, 0.15) is 22.8 Å². The van der Waals surface area contributed by atoms with Crippen molar-refractivity contribution in [2.75, 3.05) is 11.9 Å². The molecule has 0 fully saturated rings. The molecule has 3 rings (SSSR count). The van der Waals surface area contributed by atoms with Crippen LogP contribution in [0.4, 0.5) is 11.4 Å². The van der Waals surface area contributed by atoms with E-state index < -0.39 is 4.92 Å². The summed E-state index contributed by atoms with van der Waals surface area (Å²) in [6.45, 7) is 2.56. The minimum absolute atomic E-state index is 0.0556. The van der Waals surface area contributed by atoms with Gasteiger partial charge in [-0.1, -0.05) is 12.1 Å². The zero-order valence-electron chi connectivity index (χ0n) is 15.7. The number of carbonyl (C=O) groups excluding carboxylic acids is 1. The van der Waals surface area contributed by atoms with Crippen molar-refractivity contribution in [3.8, 4) is 5.75 Å². The summed E-state index contributed by atoms with van der Waals surface area (Å²) in [6, 6.07) is 15.7. The molecule has 0 saturated heterocycles. The van der Waals surface area contributed by atoms with Gasteiger partial charge < -0.3 is 14.6 Å². The van der Waals surface area contributed by atoms with Gasteiger partial charge in [-0.3, -0.25) is 19.7 Å². The Labute approximate surface area is 166 Å². The average Bonchev–Trinajstić information content (AvgIpc) is 2.71. The number of nitro groups is 1. The van der Waals surface area contributed by atoms with E-state index in [1.807, 2.05) is 6.92 Å². The maximum atomic E-state index is 12.5. The molecule has 29 heavy (non-hydrogen) atoms. The Hall–Kier alpha value is -3.94. The molecule has 0 bridgehead atoms. The third kappa shape index (κ3) is 5.07. The number of nitro benzene ring substituents is 1. The van der Waals surface area contributed by atoms with E-state index in [1.165, 1.54) is 35.0 Å². The van der Waals surface area contributed by atoms with Crippen molar-refractivity contribution in [3.05, 3.63) is 98.5 Å². The smallest absolute Gasteiger partial charge is 0.269 e. The fourth-order valence-electron chi connectivity index (χ4n) is 2.76. The summed E-state index contributed by atoms with van der Waals surface area (Å²) in [4.78, 5) is 35.1. The van der Waals surface area contributed by atoms with Crippen LogP contribution in [0.5, 0.6) is 5.75 Å². The van der Waals surface area contributed by atoms with Gasteiger partial charge in [0.15, 0.2) is 0 Å². The second kappa shape index (κ2) is 8.83. The van der Waals surface area contributed by atoms with Gasteiger partial charge in [-0.15, -0.1) is 0 Å². The van der Waals surface area contributed by atoms with Crippen LogP contribution in [0.15, 0.2) is 71.7 Å². The van der Waals surface area contributed by atoms with Crippen LogP contribution in [0, 0.1) is 10.1 Å². The zero-order valence-corrected chi connectivity index (χ0v) is 15.7. The summed E-state index contributed by atoms with van der Waals surface area (Å²) in [5.41, 5.74) is 1.11. The number of non-ortho nitro benzene ring substituents is 1. The van der Waals surface area contributed by atoms with Crippen LogP contribution in [0.25, 0.3) is 0 Å². The third-order valence-corrected chi connectivity index (χ3v) is 4.14. The molecule has 1 N–H and O–H groups in total. The normalized spacial score (nSPS) is 10.4. The van der Waals surface area contributed by atoms with Crippen molar-refractivity contribution < 1.29 is 14.5 Å². The van der Waals surface area contributed by atoms with Crippen LogP contribution in [0.3, 0.4) is 0 Å². The summed E-state index contributed by atoms with van der Waals surface area (Å²) in [7, 11) is 0. The minimum Gasteiger partial charge on any atom is -0.494 e. The predicted molar refractivity (Wildman–Crippen MR) is 108 cm³/mol. The molecule has 0 aliphatic rings. The van der Waals surface area contributed by atoms with Gasteiger partial charge in [0.25, 0.3) is 17.2 Å². The van der Waals surface area contributed by atoms with Crippen LogP contribution in [0.2, 0.25) is 0 Å². The highest BCUT2D eigenvalue weighted by Gasteiger charge is 2.10.